The average Bonchev–Trinajstić information content (AvgIpc) is 3.70. The van der Waals surface area contributed by atoms with Crippen LogP contribution in [-0.4, -0.2) is 63.1 Å². The smallest absolute Gasteiger partial charge is 0.494 e. The second kappa shape index (κ2) is 14.3. The van der Waals surface area contributed by atoms with Gasteiger partial charge in [0.2, 0.25) is 5.79 Å². The van der Waals surface area contributed by atoms with Gasteiger partial charge in [0.05, 0.1) is 38.0 Å². The van der Waals surface area contributed by atoms with Crippen LogP contribution in [0, 0.1) is 15.5 Å². The Bertz CT molecular complexity index is 1670. The first kappa shape index (κ1) is 33.5. The third-order valence-electron chi connectivity index (χ3n) is 8.49. The van der Waals surface area contributed by atoms with E-state index in [9.17, 15) is 14.9 Å². The van der Waals surface area contributed by atoms with Crippen LogP contribution in [0.3, 0.4) is 0 Å². The highest BCUT2D eigenvalue weighted by atomic mass is 16.7. The van der Waals surface area contributed by atoms with Gasteiger partial charge in [-0.05, 0) is 77.9 Å². The first-order valence-corrected chi connectivity index (χ1v) is 16.4. The van der Waals surface area contributed by atoms with E-state index < -0.39 is 16.9 Å². The van der Waals surface area contributed by atoms with Crippen LogP contribution in [-0.2, 0) is 31.8 Å². The molecule has 1 heterocycles. The number of carbonyl (C=O) groups excluding carboxylic acids is 1. The van der Waals surface area contributed by atoms with E-state index >= 15 is 0 Å². The van der Waals surface area contributed by atoms with Gasteiger partial charge in [0.25, 0.3) is 5.69 Å². The number of fused-ring (bicyclic) bond motifs is 6. The Morgan fingerprint density at radius 3 is 1.94 bits per heavy atom. The van der Waals surface area contributed by atoms with Gasteiger partial charge in [-0.15, -0.1) is 0 Å². The monoisotopic (exact) mass is 659 g/mol. The zero-order chi connectivity index (χ0) is 33.7. The molecule has 3 aromatic rings. The Morgan fingerprint density at radius 1 is 0.792 bits per heavy atom. The third kappa shape index (κ3) is 7.48. The molecule has 0 amide bonds. The molecule has 1 aliphatic heterocycles. The number of unbranched alkanes of at least 4 members (excludes halogenated alkanes) is 1. The molecular formula is C37H41NO10. The summed E-state index contributed by atoms with van der Waals surface area (Å²) in [6.45, 7) is 9.12. The number of aryl methyl sites for hydroxylation is 2. The quantitative estimate of drug-likeness (QED) is 0.0613. The van der Waals surface area contributed by atoms with Gasteiger partial charge in [-0.1, -0.05) is 39.3 Å². The summed E-state index contributed by atoms with van der Waals surface area (Å²) >= 11 is 0. The molecule has 0 saturated carbocycles. The maximum absolute atomic E-state index is 11.9. The van der Waals surface area contributed by atoms with E-state index in [1.54, 1.807) is 0 Å². The number of nitrogens with zero attached hydrogens (tertiary/aromatic N) is 1. The molecule has 11 nitrogen and oxygen atoms in total. The number of rotatable bonds is 13. The fourth-order valence-electron chi connectivity index (χ4n) is 5.93. The summed E-state index contributed by atoms with van der Waals surface area (Å²) in [6.07, 6.45) is 2.84. The molecule has 0 bridgehead atoms. The van der Waals surface area contributed by atoms with Crippen molar-refractivity contribution < 1.29 is 42.9 Å². The lowest BCUT2D eigenvalue weighted by atomic mass is 9.93. The highest BCUT2D eigenvalue weighted by Gasteiger charge is 2.61. The fourth-order valence-corrected chi connectivity index (χ4v) is 5.93. The Balaban J connectivity index is 1.04. The van der Waals surface area contributed by atoms with Crippen molar-refractivity contribution in [1.29, 1.82) is 0 Å². The lowest BCUT2D eigenvalue weighted by Gasteiger charge is -2.37. The van der Waals surface area contributed by atoms with Crippen molar-refractivity contribution in [1.82, 2.24) is 0 Å². The molecule has 0 radical (unpaired) electrons. The summed E-state index contributed by atoms with van der Waals surface area (Å²) in [4.78, 5) is 22.1. The molecule has 2 aliphatic carbocycles. The number of nitro benzene ring substituents is 1. The summed E-state index contributed by atoms with van der Waals surface area (Å²) in [5, 5.41) is 10.7. The van der Waals surface area contributed by atoms with Crippen LogP contribution < -0.4 is 14.2 Å². The molecule has 0 unspecified atom stereocenters. The minimum atomic E-state index is -0.921. The van der Waals surface area contributed by atoms with Gasteiger partial charge in [0.15, 0.2) is 0 Å². The summed E-state index contributed by atoms with van der Waals surface area (Å²) in [7, 11) is 0. The number of benzene rings is 3. The van der Waals surface area contributed by atoms with E-state index in [2.05, 4.69) is 51.1 Å². The van der Waals surface area contributed by atoms with Gasteiger partial charge < -0.3 is 33.2 Å². The Labute approximate surface area is 279 Å². The Hall–Kier alpha value is -4.45. The van der Waals surface area contributed by atoms with Gasteiger partial charge in [-0.25, -0.2) is 4.79 Å². The number of nitro groups is 1. The van der Waals surface area contributed by atoms with Crippen molar-refractivity contribution in [3.63, 3.8) is 0 Å². The number of hydrogen-bond donors (Lipinski definition) is 0. The molecule has 48 heavy (non-hydrogen) atoms. The van der Waals surface area contributed by atoms with Crippen LogP contribution in [0.2, 0.25) is 0 Å². The van der Waals surface area contributed by atoms with Crippen molar-refractivity contribution in [2.75, 3.05) is 46.2 Å². The minimum Gasteiger partial charge on any atom is -0.494 e. The standard InChI is InChI=1S/C37H41NO10/c1-4-5-16-43-29-12-14-31-25(21-29)6-7-26-22-30(13-15-32(26)34-33(31)37(34)46-23-36(2,3)24-47-37)44-19-17-42-18-20-45-35(39)48-28-10-8-27(9-11-28)38(40)41/h8-15,21-22H,4-7,16-20,23-24H2,1-3H3. The van der Waals surface area contributed by atoms with Crippen molar-refractivity contribution in [3.8, 4) is 17.2 Å². The van der Waals surface area contributed by atoms with Crippen molar-refractivity contribution >= 4 is 23.0 Å². The minimum absolute atomic E-state index is 0.0159. The van der Waals surface area contributed by atoms with E-state index in [1.807, 2.05) is 6.07 Å². The van der Waals surface area contributed by atoms with Crippen LogP contribution in [0.1, 0.15) is 55.9 Å². The van der Waals surface area contributed by atoms with Crippen molar-refractivity contribution in [2.24, 2.45) is 5.41 Å². The second-order valence-corrected chi connectivity index (χ2v) is 12.9. The maximum Gasteiger partial charge on any atom is 0.513 e. The van der Waals surface area contributed by atoms with Crippen molar-refractivity contribution in [3.05, 3.63) is 93.0 Å². The summed E-state index contributed by atoms with van der Waals surface area (Å²) in [5.74, 6) is 0.936. The number of ether oxygens (including phenoxy) is 7. The second-order valence-electron chi connectivity index (χ2n) is 12.9. The predicted octanol–water partition coefficient (Wildman–Crippen LogP) is 7.18. The van der Waals surface area contributed by atoms with Crippen LogP contribution in [0.4, 0.5) is 10.5 Å². The third-order valence-corrected chi connectivity index (χ3v) is 8.49. The fraction of sp³-hybridized carbons (Fsp3) is 0.432. The molecule has 1 saturated heterocycles. The highest BCUT2D eigenvalue weighted by molar-refractivity contribution is 6.17. The Morgan fingerprint density at radius 2 is 1.35 bits per heavy atom. The number of carbonyl (C=O) groups is 1. The molecule has 0 N–H and O–H groups in total. The van der Waals surface area contributed by atoms with Crippen LogP contribution in [0.5, 0.6) is 17.2 Å². The lowest BCUT2D eigenvalue weighted by Crippen LogP contribution is -2.41. The summed E-state index contributed by atoms with van der Waals surface area (Å²) in [6, 6.07) is 17.7. The molecule has 0 atom stereocenters. The topological polar surface area (TPSA) is 125 Å². The summed E-state index contributed by atoms with van der Waals surface area (Å²) in [5.41, 5.74) is 6.71. The van der Waals surface area contributed by atoms with E-state index in [4.69, 9.17) is 33.2 Å². The van der Waals surface area contributed by atoms with Crippen molar-refractivity contribution in [2.45, 2.75) is 52.2 Å². The van der Waals surface area contributed by atoms with Gasteiger partial charge in [-0.2, -0.15) is 0 Å². The number of non-ortho nitro benzene ring substituents is 1. The molecule has 11 heteroatoms. The normalized spacial score (nSPS) is 16.9. The van der Waals surface area contributed by atoms with Gasteiger partial charge in [0.1, 0.15) is 30.5 Å². The zero-order valence-corrected chi connectivity index (χ0v) is 27.6. The first-order chi connectivity index (χ1) is 23.2. The molecule has 0 aromatic heterocycles. The Kier molecular flexibility index (Phi) is 10.00. The van der Waals surface area contributed by atoms with E-state index in [1.165, 1.54) is 35.4 Å². The average molecular weight is 660 g/mol. The first-order valence-electron chi connectivity index (χ1n) is 16.4. The number of hydrogen-bond acceptors (Lipinski definition) is 10. The van der Waals surface area contributed by atoms with Gasteiger partial charge >= 0.3 is 6.16 Å². The maximum atomic E-state index is 11.9. The van der Waals surface area contributed by atoms with Gasteiger partial charge in [-0.3, -0.25) is 10.1 Å². The molecule has 1 fully saturated rings. The SMILES string of the molecule is CCCCOc1ccc2c(c1)CCc1cc(OCCOCCOC(=O)Oc3ccc([N+](=O)[O-])cc3)ccc1C1=C2C12OCC(C)(C)CO2. The molecule has 3 aliphatic rings. The molecule has 6 rings (SSSR count). The van der Waals surface area contributed by atoms with E-state index in [-0.39, 0.29) is 30.1 Å². The predicted molar refractivity (Wildman–Crippen MR) is 177 cm³/mol. The van der Waals surface area contributed by atoms with Gasteiger partial charge in [0, 0.05) is 28.7 Å². The molecule has 3 aromatic carbocycles. The molecular weight excluding hydrogens is 618 g/mol. The zero-order valence-electron chi connectivity index (χ0n) is 27.6. The van der Waals surface area contributed by atoms with E-state index in [0.717, 1.165) is 59.5 Å². The van der Waals surface area contributed by atoms with Crippen LogP contribution in [0.15, 0.2) is 60.7 Å². The lowest BCUT2D eigenvalue weighted by molar-refractivity contribution is -0.384. The van der Waals surface area contributed by atoms with E-state index in [0.29, 0.717) is 33.0 Å². The molecule has 1 spiro atoms. The van der Waals surface area contributed by atoms with Crippen LogP contribution in [0.25, 0.3) is 11.1 Å². The molecule has 254 valence electrons. The van der Waals surface area contributed by atoms with Crippen LogP contribution >= 0.6 is 0 Å². The summed E-state index contributed by atoms with van der Waals surface area (Å²) < 4.78 is 40.7. The largest absolute Gasteiger partial charge is 0.513 e. The highest BCUT2D eigenvalue weighted by Crippen LogP contribution is 2.63.